The second kappa shape index (κ2) is 6.76. The van der Waals surface area contributed by atoms with Gasteiger partial charge in [0.1, 0.15) is 11.6 Å². The number of hydrogen-bond donors (Lipinski definition) is 1. The lowest BCUT2D eigenvalue weighted by molar-refractivity contribution is 0.627. The highest BCUT2D eigenvalue weighted by Crippen LogP contribution is 2.19. The third-order valence-electron chi connectivity index (χ3n) is 4.11. The fraction of sp³-hybridized carbons (Fsp3) is 0.0500. The molecule has 1 aromatic carbocycles. The molecule has 128 valence electrons. The molecule has 0 saturated carbocycles. The van der Waals surface area contributed by atoms with E-state index in [2.05, 4.69) is 15.3 Å². The molecular weight excluding hydrogens is 331 g/mol. The normalized spacial score (nSPS) is 10.8. The second-order valence-electron chi connectivity index (χ2n) is 5.81. The molecular formula is C20H15FN4O. The molecule has 3 heterocycles. The van der Waals surface area contributed by atoms with Crippen LogP contribution in [0.1, 0.15) is 5.56 Å². The van der Waals surface area contributed by atoms with Crippen molar-refractivity contribution in [1.29, 1.82) is 0 Å². The van der Waals surface area contributed by atoms with Gasteiger partial charge in [0.2, 0.25) is 0 Å². The van der Waals surface area contributed by atoms with Crippen molar-refractivity contribution in [3.05, 3.63) is 95.1 Å². The summed E-state index contributed by atoms with van der Waals surface area (Å²) in [7, 11) is 0. The Morgan fingerprint density at radius 1 is 1.04 bits per heavy atom. The number of pyridine rings is 3. The lowest BCUT2D eigenvalue weighted by Crippen LogP contribution is -2.19. The Morgan fingerprint density at radius 3 is 2.65 bits per heavy atom. The maximum Gasteiger partial charge on any atom is 0.266 e. The molecule has 0 aliphatic heterocycles. The zero-order valence-corrected chi connectivity index (χ0v) is 13.8. The van der Waals surface area contributed by atoms with Crippen LogP contribution in [0.3, 0.4) is 0 Å². The molecule has 26 heavy (non-hydrogen) atoms. The summed E-state index contributed by atoms with van der Waals surface area (Å²) in [5.41, 5.74) is 1.37. The molecule has 6 heteroatoms. The van der Waals surface area contributed by atoms with Crippen molar-refractivity contribution < 1.29 is 4.39 Å². The zero-order valence-electron chi connectivity index (χ0n) is 13.8. The van der Waals surface area contributed by atoms with Gasteiger partial charge in [-0.3, -0.25) is 14.3 Å². The molecule has 0 atom stereocenters. The van der Waals surface area contributed by atoms with Crippen LogP contribution in [0, 0.1) is 5.82 Å². The minimum Gasteiger partial charge on any atom is -0.365 e. The van der Waals surface area contributed by atoms with Crippen LogP contribution < -0.4 is 10.9 Å². The summed E-state index contributed by atoms with van der Waals surface area (Å²) in [6, 6.07) is 13.2. The van der Waals surface area contributed by atoms with E-state index in [-0.39, 0.29) is 11.4 Å². The van der Waals surface area contributed by atoms with Gasteiger partial charge in [-0.25, -0.2) is 9.37 Å². The number of anilines is 1. The largest absolute Gasteiger partial charge is 0.365 e. The monoisotopic (exact) mass is 346 g/mol. The first-order chi connectivity index (χ1) is 12.7. The van der Waals surface area contributed by atoms with Gasteiger partial charge in [0, 0.05) is 37.0 Å². The van der Waals surface area contributed by atoms with Crippen LogP contribution >= 0.6 is 0 Å². The van der Waals surface area contributed by atoms with Crippen LogP contribution in [0.4, 0.5) is 10.2 Å². The van der Waals surface area contributed by atoms with Gasteiger partial charge in [0.25, 0.3) is 5.56 Å². The van der Waals surface area contributed by atoms with Crippen LogP contribution in [0.25, 0.3) is 16.5 Å². The van der Waals surface area contributed by atoms with E-state index in [9.17, 15) is 9.18 Å². The van der Waals surface area contributed by atoms with E-state index in [1.807, 2.05) is 18.2 Å². The molecule has 0 spiro atoms. The molecule has 5 nitrogen and oxygen atoms in total. The second-order valence-corrected chi connectivity index (χ2v) is 5.81. The van der Waals surface area contributed by atoms with Crippen LogP contribution in [0.5, 0.6) is 0 Å². The van der Waals surface area contributed by atoms with E-state index < -0.39 is 0 Å². The summed E-state index contributed by atoms with van der Waals surface area (Å²) in [6.07, 6.45) is 6.81. The predicted molar refractivity (Wildman–Crippen MR) is 98.9 cm³/mol. The zero-order chi connectivity index (χ0) is 17.9. The van der Waals surface area contributed by atoms with E-state index in [0.29, 0.717) is 23.4 Å². The highest BCUT2D eigenvalue weighted by atomic mass is 19.1. The van der Waals surface area contributed by atoms with Gasteiger partial charge in [-0.2, -0.15) is 0 Å². The van der Waals surface area contributed by atoms with Crippen molar-refractivity contribution >= 4 is 16.6 Å². The van der Waals surface area contributed by atoms with Gasteiger partial charge in [0.15, 0.2) is 0 Å². The van der Waals surface area contributed by atoms with E-state index in [0.717, 1.165) is 10.9 Å². The van der Waals surface area contributed by atoms with Crippen molar-refractivity contribution in [3.8, 4) is 5.69 Å². The molecule has 4 rings (SSSR count). The van der Waals surface area contributed by atoms with E-state index >= 15 is 0 Å². The van der Waals surface area contributed by atoms with Crippen LogP contribution in [-0.4, -0.2) is 14.5 Å². The number of aromatic nitrogens is 3. The van der Waals surface area contributed by atoms with Crippen LogP contribution in [-0.2, 0) is 6.54 Å². The molecule has 1 N–H and O–H groups in total. The number of nitrogens with zero attached hydrogens (tertiary/aromatic N) is 3. The number of benzene rings is 1. The van der Waals surface area contributed by atoms with Crippen molar-refractivity contribution in [3.63, 3.8) is 0 Å². The Bertz CT molecular complexity index is 1110. The smallest absolute Gasteiger partial charge is 0.266 e. The van der Waals surface area contributed by atoms with Gasteiger partial charge >= 0.3 is 0 Å². The molecule has 0 fully saturated rings. The summed E-state index contributed by atoms with van der Waals surface area (Å²) < 4.78 is 14.7. The molecule has 0 aliphatic carbocycles. The minimum absolute atomic E-state index is 0.212. The first-order valence-electron chi connectivity index (χ1n) is 8.11. The topological polar surface area (TPSA) is 59.8 Å². The Morgan fingerprint density at radius 2 is 1.88 bits per heavy atom. The third kappa shape index (κ3) is 3.04. The molecule has 0 bridgehead atoms. The Kier molecular flexibility index (Phi) is 4.15. The molecule has 0 amide bonds. The molecule has 0 radical (unpaired) electrons. The van der Waals surface area contributed by atoms with Crippen molar-refractivity contribution in [1.82, 2.24) is 14.5 Å². The third-order valence-corrected chi connectivity index (χ3v) is 4.11. The summed E-state index contributed by atoms with van der Waals surface area (Å²) in [6.45, 7) is 0.505. The number of rotatable bonds is 4. The molecule has 0 aliphatic rings. The van der Waals surface area contributed by atoms with Gasteiger partial charge in [-0.15, -0.1) is 0 Å². The van der Waals surface area contributed by atoms with E-state index in [1.54, 1.807) is 43.0 Å². The average Bonchev–Trinajstić information content (AvgIpc) is 2.68. The van der Waals surface area contributed by atoms with Crippen LogP contribution in [0.2, 0.25) is 0 Å². The molecule has 4 aromatic rings. The Balaban J connectivity index is 1.77. The summed E-state index contributed by atoms with van der Waals surface area (Å²) in [4.78, 5) is 21.4. The summed E-state index contributed by atoms with van der Waals surface area (Å²) in [5.74, 6) is 0.163. The first-order valence-corrected chi connectivity index (χ1v) is 8.11. The lowest BCUT2D eigenvalue weighted by Gasteiger charge is -2.11. The predicted octanol–water partition coefficient (Wildman–Crippen LogP) is 3.53. The first kappa shape index (κ1) is 16.0. The summed E-state index contributed by atoms with van der Waals surface area (Å²) in [5, 5.41) is 4.49. The molecule has 3 aromatic heterocycles. The van der Waals surface area contributed by atoms with Gasteiger partial charge < -0.3 is 5.32 Å². The maximum absolute atomic E-state index is 13.2. The number of nitrogens with one attached hydrogen (secondary N) is 1. The fourth-order valence-corrected chi connectivity index (χ4v) is 2.81. The highest BCUT2D eigenvalue weighted by Gasteiger charge is 2.10. The fourth-order valence-electron chi connectivity index (χ4n) is 2.81. The average molecular weight is 346 g/mol. The Hall–Kier alpha value is -3.54. The maximum atomic E-state index is 13.2. The number of fused-ring (bicyclic) bond motifs is 1. The van der Waals surface area contributed by atoms with E-state index in [4.69, 9.17) is 0 Å². The standard InChI is InChI=1S/C20H15FN4O/c21-16-3-5-17(6-4-16)25-11-8-15-7-10-23-19(18(15)20(25)26)24-13-14-2-1-9-22-12-14/h1-12H,13H2,(H,23,24). The highest BCUT2D eigenvalue weighted by molar-refractivity contribution is 5.91. The van der Waals surface area contributed by atoms with Gasteiger partial charge in [-0.1, -0.05) is 6.07 Å². The number of halogens is 1. The lowest BCUT2D eigenvalue weighted by atomic mass is 10.2. The van der Waals surface area contributed by atoms with Crippen molar-refractivity contribution in [2.45, 2.75) is 6.54 Å². The van der Waals surface area contributed by atoms with Crippen molar-refractivity contribution in [2.24, 2.45) is 0 Å². The van der Waals surface area contributed by atoms with Gasteiger partial charge in [0.05, 0.1) is 5.39 Å². The van der Waals surface area contributed by atoms with Gasteiger partial charge in [-0.05, 0) is 53.4 Å². The Labute approximate surface area is 148 Å². The van der Waals surface area contributed by atoms with Crippen molar-refractivity contribution in [2.75, 3.05) is 5.32 Å². The quantitative estimate of drug-likeness (QED) is 0.614. The number of hydrogen-bond acceptors (Lipinski definition) is 4. The summed E-state index contributed by atoms with van der Waals surface area (Å²) >= 11 is 0. The van der Waals surface area contributed by atoms with E-state index in [1.165, 1.54) is 16.7 Å². The molecule has 0 saturated heterocycles. The minimum atomic E-state index is -0.344. The van der Waals surface area contributed by atoms with Crippen LogP contribution in [0.15, 0.2) is 78.1 Å². The molecule has 0 unspecified atom stereocenters. The SMILES string of the molecule is O=c1c2c(NCc3cccnc3)nccc2ccn1-c1ccc(F)cc1.